The lowest BCUT2D eigenvalue weighted by Gasteiger charge is -2.14. The van der Waals surface area contributed by atoms with Gasteiger partial charge in [0.2, 0.25) is 0 Å². The predicted octanol–water partition coefficient (Wildman–Crippen LogP) is 1.66. The van der Waals surface area contributed by atoms with E-state index in [0.29, 0.717) is 11.5 Å². The van der Waals surface area contributed by atoms with E-state index in [1.807, 2.05) is 7.05 Å². The van der Waals surface area contributed by atoms with Crippen molar-refractivity contribution < 1.29 is 4.92 Å². The quantitative estimate of drug-likeness (QED) is 0.603. The summed E-state index contributed by atoms with van der Waals surface area (Å²) in [6.45, 7) is 6.41. The minimum absolute atomic E-state index is 0.0567. The van der Waals surface area contributed by atoms with Crippen molar-refractivity contribution in [1.29, 1.82) is 0 Å². The topological polar surface area (TPSA) is 71.3 Å². The summed E-state index contributed by atoms with van der Waals surface area (Å²) < 4.78 is 0. The molecule has 1 aromatic heterocycles. The zero-order chi connectivity index (χ0) is 12.8. The molecular weight excluding hydrogens is 220 g/mol. The van der Waals surface area contributed by atoms with E-state index < -0.39 is 4.92 Å². The molecule has 0 unspecified atom stereocenters. The largest absolute Gasteiger partial charge is 0.369 e. The maximum Gasteiger partial charge on any atom is 0.290 e. The molecule has 0 radical (unpaired) electrons. The van der Waals surface area contributed by atoms with Gasteiger partial charge in [0, 0.05) is 19.2 Å². The lowest BCUT2D eigenvalue weighted by molar-refractivity contribution is -0.385. The van der Waals surface area contributed by atoms with Crippen LogP contribution in [0.25, 0.3) is 0 Å². The van der Waals surface area contributed by atoms with Crippen LogP contribution < -0.4 is 5.32 Å². The first-order valence-electron chi connectivity index (χ1n) is 5.59. The van der Waals surface area contributed by atoms with Gasteiger partial charge in [-0.2, -0.15) is 0 Å². The Kier molecular flexibility index (Phi) is 4.84. The number of likely N-dealkylation sites (N-methyl/N-ethyl adjacent to an activating group) is 1. The van der Waals surface area contributed by atoms with Gasteiger partial charge in [-0.15, -0.1) is 0 Å². The van der Waals surface area contributed by atoms with Crippen molar-refractivity contribution in [3.8, 4) is 0 Å². The van der Waals surface area contributed by atoms with Crippen molar-refractivity contribution in [3.63, 3.8) is 0 Å². The van der Waals surface area contributed by atoms with Crippen LogP contribution in [0.1, 0.15) is 12.6 Å². The summed E-state index contributed by atoms with van der Waals surface area (Å²) in [5.41, 5.74) is 0.491. The number of rotatable bonds is 6. The molecular formula is C11H18N4O2. The molecule has 1 N–H and O–H groups in total. The average Bonchev–Trinajstić information content (AvgIpc) is 2.28. The third kappa shape index (κ3) is 3.99. The van der Waals surface area contributed by atoms with E-state index in [2.05, 4.69) is 22.1 Å². The lowest BCUT2D eigenvalue weighted by atomic mass is 10.3. The Labute approximate surface area is 101 Å². The number of aromatic nitrogens is 1. The van der Waals surface area contributed by atoms with E-state index in [1.54, 1.807) is 13.0 Å². The molecule has 0 bridgehead atoms. The molecule has 0 amide bonds. The molecule has 0 aliphatic heterocycles. The number of anilines is 1. The third-order valence-electron chi connectivity index (χ3n) is 2.59. The highest BCUT2D eigenvalue weighted by atomic mass is 16.6. The summed E-state index contributed by atoms with van der Waals surface area (Å²) in [6.07, 6.45) is 0. The molecule has 0 aliphatic carbocycles. The van der Waals surface area contributed by atoms with Crippen LogP contribution in [0.2, 0.25) is 0 Å². The Balaban J connectivity index is 2.56. The van der Waals surface area contributed by atoms with Gasteiger partial charge in [-0.3, -0.25) is 10.1 Å². The Morgan fingerprint density at radius 3 is 2.76 bits per heavy atom. The van der Waals surface area contributed by atoms with E-state index in [4.69, 9.17) is 0 Å². The van der Waals surface area contributed by atoms with Crippen LogP contribution >= 0.6 is 0 Å². The highest BCUT2D eigenvalue weighted by Gasteiger charge is 2.11. The Morgan fingerprint density at radius 1 is 1.53 bits per heavy atom. The first-order chi connectivity index (χ1) is 8.04. The van der Waals surface area contributed by atoms with Gasteiger partial charge in [0.15, 0.2) is 0 Å². The highest BCUT2D eigenvalue weighted by molar-refractivity contribution is 5.44. The number of hydrogen-bond acceptors (Lipinski definition) is 5. The van der Waals surface area contributed by atoms with Crippen LogP contribution in [-0.4, -0.2) is 41.5 Å². The van der Waals surface area contributed by atoms with Gasteiger partial charge >= 0.3 is 0 Å². The fraction of sp³-hybridized carbons (Fsp3) is 0.545. The van der Waals surface area contributed by atoms with Gasteiger partial charge in [0.25, 0.3) is 5.69 Å². The van der Waals surface area contributed by atoms with Crippen molar-refractivity contribution in [3.05, 3.63) is 27.9 Å². The SMILES string of the molecule is CCN(C)CCNc1ccc([N+](=O)[O-])c(C)n1. The number of nitrogens with zero attached hydrogens (tertiary/aromatic N) is 3. The standard InChI is InChI=1S/C11H18N4O2/c1-4-14(3)8-7-12-11-6-5-10(15(16)17)9(2)13-11/h5-6H,4,7-8H2,1-3H3,(H,12,13). The third-order valence-corrected chi connectivity index (χ3v) is 2.59. The predicted molar refractivity (Wildman–Crippen MR) is 67.3 cm³/mol. The van der Waals surface area contributed by atoms with Crippen LogP contribution in [0.15, 0.2) is 12.1 Å². The molecule has 17 heavy (non-hydrogen) atoms. The molecule has 1 aromatic rings. The molecule has 0 fully saturated rings. The van der Waals surface area contributed by atoms with Crippen molar-refractivity contribution in [2.45, 2.75) is 13.8 Å². The molecule has 0 saturated carbocycles. The first kappa shape index (κ1) is 13.4. The van der Waals surface area contributed by atoms with E-state index in [0.717, 1.165) is 19.6 Å². The van der Waals surface area contributed by atoms with Crippen molar-refractivity contribution >= 4 is 11.5 Å². The molecule has 1 rings (SSSR count). The summed E-state index contributed by atoms with van der Waals surface area (Å²) in [6, 6.07) is 3.12. The molecule has 0 saturated heterocycles. The lowest BCUT2D eigenvalue weighted by Crippen LogP contribution is -2.24. The Morgan fingerprint density at radius 2 is 2.24 bits per heavy atom. The van der Waals surface area contributed by atoms with Crippen LogP contribution in [0.3, 0.4) is 0 Å². The normalized spacial score (nSPS) is 10.6. The molecule has 0 aromatic carbocycles. The zero-order valence-corrected chi connectivity index (χ0v) is 10.4. The van der Waals surface area contributed by atoms with Crippen LogP contribution in [0.4, 0.5) is 11.5 Å². The average molecular weight is 238 g/mol. The second-order valence-corrected chi connectivity index (χ2v) is 3.88. The van der Waals surface area contributed by atoms with E-state index in [1.165, 1.54) is 6.07 Å². The first-order valence-corrected chi connectivity index (χ1v) is 5.59. The number of pyridine rings is 1. The molecule has 94 valence electrons. The Hall–Kier alpha value is -1.69. The smallest absolute Gasteiger partial charge is 0.290 e. The van der Waals surface area contributed by atoms with Gasteiger partial charge in [-0.05, 0) is 26.6 Å². The number of hydrogen-bond donors (Lipinski definition) is 1. The monoisotopic (exact) mass is 238 g/mol. The molecule has 0 atom stereocenters. The number of nitrogens with one attached hydrogen (secondary N) is 1. The molecule has 6 nitrogen and oxygen atoms in total. The van der Waals surface area contributed by atoms with Crippen molar-refractivity contribution in [1.82, 2.24) is 9.88 Å². The molecule has 0 aliphatic rings. The highest BCUT2D eigenvalue weighted by Crippen LogP contribution is 2.17. The van der Waals surface area contributed by atoms with E-state index in [-0.39, 0.29) is 5.69 Å². The van der Waals surface area contributed by atoms with Crippen molar-refractivity contribution in [2.75, 3.05) is 32.0 Å². The minimum Gasteiger partial charge on any atom is -0.369 e. The van der Waals surface area contributed by atoms with Gasteiger partial charge in [-0.1, -0.05) is 6.92 Å². The van der Waals surface area contributed by atoms with Crippen LogP contribution in [-0.2, 0) is 0 Å². The van der Waals surface area contributed by atoms with Crippen molar-refractivity contribution in [2.24, 2.45) is 0 Å². The summed E-state index contributed by atoms with van der Waals surface area (Å²) in [5, 5.41) is 13.8. The van der Waals surface area contributed by atoms with Gasteiger partial charge < -0.3 is 10.2 Å². The summed E-state index contributed by atoms with van der Waals surface area (Å²) >= 11 is 0. The number of aryl methyl sites for hydroxylation is 1. The fourth-order valence-electron chi connectivity index (χ4n) is 1.38. The molecule has 0 spiro atoms. The Bertz CT molecular complexity index is 395. The second-order valence-electron chi connectivity index (χ2n) is 3.88. The van der Waals surface area contributed by atoms with Crippen LogP contribution in [0, 0.1) is 17.0 Å². The molecule has 1 heterocycles. The maximum absolute atomic E-state index is 10.6. The summed E-state index contributed by atoms with van der Waals surface area (Å²) in [4.78, 5) is 16.5. The maximum atomic E-state index is 10.6. The van der Waals surface area contributed by atoms with E-state index >= 15 is 0 Å². The zero-order valence-electron chi connectivity index (χ0n) is 10.4. The summed E-state index contributed by atoms with van der Waals surface area (Å²) in [7, 11) is 2.04. The molecule has 6 heteroatoms. The van der Waals surface area contributed by atoms with Crippen LogP contribution in [0.5, 0.6) is 0 Å². The van der Waals surface area contributed by atoms with Gasteiger partial charge in [-0.25, -0.2) is 4.98 Å². The second kappa shape index (κ2) is 6.15. The van der Waals surface area contributed by atoms with Gasteiger partial charge in [0.1, 0.15) is 11.5 Å². The van der Waals surface area contributed by atoms with E-state index in [9.17, 15) is 10.1 Å². The van der Waals surface area contributed by atoms with Gasteiger partial charge in [0.05, 0.1) is 4.92 Å². The summed E-state index contributed by atoms with van der Waals surface area (Å²) in [5.74, 6) is 0.678. The minimum atomic E-state index is -0.420. The number of nitro groups is 1. The fourth-order valence-corrected chi connectivity index (χ4v) is 1.38.